The number of thiazole rings is 1. The van der Waals surface area contributed by atoms with Gasteiger partial charge in [-0.1, -0.05) is 24.2 Å². The molecule has 1 amide bonds. The van der Waals surface area contributed by atoms with Crippen LogP contribution in [0.5, 0.6) is 0 Å². The van der Waals surface area contributed by atoms with Crippen LogP contribution >= 0.6 is 11.3 Å². The Balaban J connectivity index is 2.74. The standard InChI is InChI=1S/C11H16N4OS/c1-4-6-13-11-15-9(12)8(17-11)10(16)14-7(3)5-2/h2,7H,4,6,12H2,1,3H3,(H,13,15)(H,14,16). The number of nitrogens with zero attached hydrogens (tertiary/aromatic N) is 1. The van der Waals surface area contributed by atoms with E-state index in [2.05, 4.69) is 21.5 Å². The highest BCUT2D eigenvalue weighted by atomic mass is 32.1. The van der Waals surface area contributed by atoms with Crippen molar-refractivity contribution in [2.45, 2.75) is 26.3 Å². The summed E-state index contributed by atoms with van der Waals surface area (Å²) in [6, 6.07) is -0.323. The van der Waals surface area contributed by atoms with Crippen LogP contribution in [0.3, 0.4) is 0 Å². The zero-order valence-electron chi connectivity index (χ0n) is 9.91. The van der Waals surface area contributed by atoms with Crippen LogP contribution in [0.2, 0.25) is 0 Å². The molecule has 0 aliphatic carbocycles. The summed E-state index contributed by atoms with van der Waals surface area (Å²) in [5, 5.41) is 6.38. The minimum absolute atomic E-state index is 0.232. The van der Waals surface area contributed by atoms with Crippen molar-refractivity contribution in [2.75, 3.05) is 17.6 Å². The molecule has 1 aromatic rings. The number of carbonyl (C=O) groups excluding carboxylic acids is 1. The molecule has 6 heteroatoms. The number of anilines is 2. The van der Waals surface area contributed by atoms with Gasteiger partial charge >= 0.3 is 0 Å². The van der Waals surface area contributed by atoms with Gasteiger partial charge in [0, 0.05) is 6.54 Å². The number of nitrogens with one attached hydrogen (secondary N) is 2. The Bertz CT molecular complexity index is 435. The number of rotatable bonds is 5. The first-order valence-corrected chi connectivity index (χ1v) is 6.17. The molecule has 17 heavy (non-hydrogen) atoms. The van der Waals surface area contributed by atoms with E-state index in [0.29, 0.717) is 10.0 Å². The molecule has 92 valence electrons. The third kappa shape index (κ3) is 3.64. The Morgan fingerprint density at radius 1 is 1.71 bits per heavy atom. The van der Waals surface area contributed by atoms with Gasteiger partial charge in [-0.3, -0.25) is 4.79 Å². The number of hydrogen-bond acceptors (Lipinski definition) is 5. The van der Waals surface area contributed by atoms with E-state index < -0.39 is 0 Å². The molecule has 0 fully saturated rings. The lowest BCUT2D eigenvalue weighted by atomic mass is 10.3. The lowest BCUT2D eigenvalue weighted by Crippen LogP contribution is -2.31. The molecule has 0 bridgehead atoms. The SMILES string of the molecule is C#CC(C)NC(=O)c1sc(NCCC)nc1N. The molecule has 1 atom stereocenters. The van der Waals surface area contributed by atoms with Crippen LogP contribution in [0.25, 0.3) is 0 Å². The van der Waals surface area contributed by atoms with Gasteiger partial charge in [0.05, 0.1) is 6.04 Å². The monoisotopic (exact) mass is 252 g/mol. The second-order valence-electron chi connectivity index (χ2n) is 3.52. The molecule has 4 N–H and O–H groups in total. The second-order valence-corrected chi connectivity index (χ2v) is 4.52. The molecule has 1 unspecified atom stereocenters. The van der Waals surface area contributed by atoms with E-state index in [0.717, 1.165) is 13.0 Å². The van der Waals surface area contributed by atoms with Gasteiger partial charge in [0.1, 0.15) is 10.7 Å². The third-order valence-electron chi connectivity index (χ3n) is 1.98. The molecule has 1 aromatic heterocycles. The highest BCUT2D eigenvalue weighted by molar-refractivity contribution is 7.18. The lowest BCUT2D eigenvalue weighted by Gasteiger charge is -2.05. The van der Waals surface area contributed by atoms with Crippen molar-refractivity contribution in [1.82, 2.24) is 10.3 Å². The molecule has 1 rings (SSSR count). The van der Waals surface area contributed by atoms with Crippen LogP contribution in [0.4, 0.5) is 10.9 Å². The number of terminal acetylenes is 1. The van der Waals surface area contributed by atoms with Gasteiger partial charge in [-0.25, -0.2) is 4.98 Å². The van der Waals surface area contributed by atoms with Gasteiger partial charge in [0.25, 0.3) is 5.91 Å². The van der Waals surface area contributed by atoms with Crippen molar-refractivity contribution in [2.24, 2.45) is 0 Å². The Morgan fingerprint density at radius 2 is 2.41 bits per heavy atom. The normalized spacial score (nSPS) is 11.6. The fourth-order valence-corrected chi connectivity index (χ4v) is 1.92. The first kappa shape index (κ1) is 13.3. The summed E-state index contributed by atoms with van der Waals surface area (Å²) in [5.74, 6) is 2.37. The van der Waals surface area contributed by atoms with E-state index >= 15 is 0 Å². The van der Waals surface area contributed by atoms with Crippen molar-refractivity contribution in [1.29, 1.82) is 0 Å². The molecular formula is C11H16N4OS. The van der Waals surface area contributed by atoms with E-state index in [4.69, 9.17) is 12.2 Å². The fourth-order valence-electron chi connectivity index (χ4n) is 1.11. The van der Waals surface area contributed by atoms with Crippen LogP contribution in [-0.2, 0) is 0 Å². The topological polar surface area (TPSA) is 80.0 Å². The van der Waals surface area contributed by atoms with Gasteiger partial charge in [-0.05, 0) is 13.3 Å². The molecule has 0 aliphatic heterocycles. The number of hydrogen-bond donors (Lipinski definition) is 3. The molecule has 0 radical (unpaired) electrons. The van der Waals surface area contributed by atoms with Crippen LogP contribution in [0.1, 0.15) is 29.9 Å². The molecule has 0 aliphatic rings. The predicted octanol–water partition coefficient (Wildman–Crippen LogP) is 1.30. The largest absolute Gasteiger partial charge is 0.382 e. The van der Waals surface area contributed by atoms with Crippen LogP contribution < -0.4 is 16.4 Å². The second kappa shape index (κ2) is 6.11. The van der Waals surface area contributed by atoms with Gasteiger partial charge in [-0.15, -0.1) is 6.42 Å². The molecule has 0 aromatic carbocycles. The smallest absolute Gasteiger partial charge is 0.266 e. The van der Waals surface area contributed by atoms with Crippen molar-refractivity contribution < 1.29 is 4.79 Å². The summed E-state index contributed by atoms with van der Waals surface area (Å²) in [6.07, 6.45) is 6.17. The quantitative estimate of drug-likeness (QED) is 0.690. The number of carbonyl (C=O) groups is 1. The van der Waals surface area contributed by atoms with Crippen LogP contribution in [0.15, 0.2) is 0 Å². The Hall–Kier alpha value is -1.74. The van der Waals surface area contributed by atoms with Gasteiger partial charge in [0.15, 0.2) is 5.13 Å². The maximum absolute atomic E-state index is 11.8. The van der Waals surface area contributed by atoms with E-state index in [1.165, 1.54) is 11.3 Å². The molecule has 1 heterocycles. The minimum atomic E-state index is -0.323. The van der Waals surface area contributed by atoms with E-state index in [1.807, 2.05) is 6.92 Å². The number of nitrogen functional groups attached to an aromatic ring is 1. The molecule has 5 nitrogen and oxygen atoms in total. The minimum Gasteiger partial charge on any atom is -0.382 e. The lowest BCUT2D eigenvalue weighted by molar-refractivity contribution is 0.0953. The molecule has 0 saturated carbocycles. The maximum Gasteiger partial charge on any atom is 0.266 e. The summed E-state index contributed by atoms with van der Waals surface area (Å²) in [7, 11) is 0. The average molecular weight is 252 g/mol. The van der Waals surface area contributed by atoms with Crippen molar-refractivity contribution in [3.63, 3.8) is 0 Å². The first-order chi connectivity index (χ1) is 8.08. The highest BCUT2D eigenvalue weighted by Gasteiger charge is 2.16. The van der Waals surface area contributed by atoms with E-state index in [-0.39, 0.29) is 17.8 Å². The number of aromatic nitrogens is 1. The first-order valence-electron chi connectivity index (χ1n) is 5.35. The zero-order valence-corrected chi connectivity index (χ0v) is 10.7. The van der Waals surface area contributed by atoms with Crippen LogP contribution in [-0.4, -0.2) is 23.5 Å². The maximum atomic E-state index is 11.8. The molecule has 0 spiro atoms. The summed E-state index contributed by atoms with van der Waals surface area (Å²) in [4.78, 5) is 16.2. The number of amides is 1. The summed E-state index contributed by atoms with van der Waals surface area (Å²) < 4.78 is 0. The Kier molecular flexibility index (Phi) is 4.79. The van der Waals surface area contributed by atoms with Crippen molar-refractivity contribution in [3.05, 3.63) is 4.88 Å². The average Bonchev–Trinajstić information content (AvgIpc) is 2.67. The zero-order chi connectivity index (χ0) is 12.8. The van der Waals surface area contributed by atoms with E-state index in [1.54, 1.807) is 6.92 Å². The summed E-state index contributed by atoms with van der Waals surface area (Å²) in [6.45, 7) is 4.58. The number of nitrogens with two attached hydrogens (primary N) is 1. The fraction of sp³-hybridized carbons (Fsp3) is 0.455. The van der Waals surface area contributed by atoms with Crippen molar-refractivity contribution in [3.8, 4) is 12.3 Å². The highest BCUT2D eigenvalue weighted by Crippen LogP contribution is 2.24. The Labute approximate surface area is 105 Å². The molecule has 0 saturated heterocycles. The van der Waals surface area contributed by atoms with Gasteiger partial charge in [0.2, 0.25) is 0 Å². The summed E-state index contributed by atoms with van der Waals surface area (Å²) in [5.41, 5.74) is 5.68. The van der Waals surface area contributed by atoms with Crippen molar-refractivity contribution >= 4 is 28.2 Å². The third-order valence-corrected chi connectivity index (χ3v) is 3.01. The molecular weight excluding hydrogens is 236 g/mol. The summed E-state index contributed by atoms with van der Waals surface area (Å²) >= 11 is 1.23. The van der Waals surface area contributed by atoms with E-state index in [9.17, 15) is 4.79 Å². The Morgan fingerprint density at radius 3 is 3.00 bits per heavy atom. The van der Waals surface area contributed by atoms with Gasteiger partial charge < -0.3 is 16.4 Å². The van der Waals surface area contributed by atoms with Crippen LogP contribution in [0, 0.1) is 12.3 Å². The predicted molar refractivity (Wildman–Crippen MR) is 71.1 cm³/mol. The van der Waals surface area contributed by atoms with Gasteiger partial charge in [-0.2, -0.15) is 0 Å².